The molecular formula is C22H36N2O3. The molecule has 0 bridgehead atoms. The molecule has 1 heterocycles. The molecule has 1 saturated carbocycles. The van der Waals surface area contributed by atoms with Gasteiger partial charge in [-0.1, -0.05) is 46.0 Å². The summed E-state index contributed by atoms with van der Waals surface area (Å²) in [5, 5.41) is 0. The zero-order valence-electron chi connectivity index (χ0n) is 17.1. The summed E-state index contributed by atoms with van der Waals surface area (Å²) in [6, 6.07) is 0.176. The Morgan fingerprint density at radius 3 is 2.30 bits per heavy atom. The fourth-order valence-corrected chi connectivity index (χ4v) is 3.52. The summed E-state index contributed by atoms with van der Waals surface area (Å²) >= 11 is 0. The molecule has 2 rings (SSSR count). The van der Waals surface area contributed by atoms with Gasteiger partial charge in [0, 0.05) is 19.0 Å². The first-order valence-corrected chi connectivity index (χ1v) is 10.9. The van der Waals surface area contributed by atoms with Crippen molar-refractivity contribution in [3.05, 3.63) is 18.0 Å². The van der Waals surface area contributed by atoms with Gasteiger partial charge in [0.2, 0.25) is 0 Å². The molecule has 0 radical (unpaired) electrons. The van der Waals surface area contributed by atoms with E-state index in [-0.39, 0.29) is 17.9 Å². The number of nitrogens with zero attached hydrogens (tertiary/aromatic N) is 2. The minimum Gasteiger partial charge on any atom is -0.391 e. The molecule has 0 unspecified atom stereocenters. The highest BCUT2D eigenvalue weighted by molar-refractivity contribution is 5.74. The van der Waals surface area contributed by atoms with Crippen LogP contribution in [0.5, 0.6) is 6.01 Å². The number of esters is 1. The summed E-state index contributed by atoms with van der Waals surface area (Å²) in [5.74, 6) is -0.257. The molecule has 1 aromatic rings. The number of ether oxygens (including phenoxy) is 2. The third-order valence-electron chi connectivity index (χ3n) is 5.30. The maximum absolute atomic E-state index is 12.4. The van der Waals surface area contributed by atoms with Crippen molar-refractivity contribution in [2.45, 2.75) is 97.0 Å². The van der Waals surface area contributed by atoms with Crippen molar-refractivity contribution in [2.75, 3.05) is 6.61 Å². The van der Waals surface area contributed by atoms with Gasteiger partial charge in [-0.15, -0.1) is 0 Å². The van der Waals surface area contributed by atoms with Crippen LogP contribution in [0, 0.1) is 5.92 Å². The summed E-state index contributed by atoms with van der Waals surface area (Å²) in [6.45, 7) is 5.24. The lowest BCUT2D eigenvalue weighted by Gasteiger charge is -2.27. The number of hydrogen-bond acceptors (Lipinski definition) is 5. The van der Waals surface area contributed by atoms with Crippen LogP contribution in [-0.2, 0) is 16.0 Å². The summed E-state index contributed by atoms with van der Waals surface area (Å²) in [4.78, 5) is 20.8. The van der Waals surface area contributed by atoms with Gasteiger partial charge in [0.05, 0.1) is 12.0 Å². The number of unbranched alkanes of at least 4 members (excludes halogenated alkanes) is 5. The lowest BCUT2D eigenvalue weighted by Crippen LogP contribution is -2.29. The van der Waals surface area contributed by atoms with E-state index >= 15 is 0 Å². The van der Waals surface area contributed by atoms with E-state index in [1.54, 1.807) is 12.4 Å². The molecule has 0 N–H and O–H groups in total. The summed E-state index contributed by atoms with van der Waals surface area (Å²) in [5.41, 5.74) is 1.10. The second kappa shape index (κ2) is 12.8. The van der Waals surface area contributed by atoms with Crippen molar-refractivity contribution in [3.63, 3.8) is 0 Å². The lowest BCUT2D eigenvalue weighted by atomic mass is 9.87. The van der Waals surface area contributed by atoms with E-state index in [1.165, 1.54) is 32.1 Å². The minimum atomic E-state index is -0.199. The van der Waals surface area contributed by atoms with Crippen LogP contribution >= 0.6 is 0 Å². The molecule has 1 aliphatic rings. The molecule has 152 valence electrons. The molecule has 1 fully saturated rings. The van der Waals surface area contributed by atoms with Gasteiger partial charge in [0.25, 0.3) is 0 Å². The van der Waals surface area contributed by atoms with Gasteiger partial charge >= 0.3 is 12.0 Å². The van der Waals surface area contributed by atoms with E-state index < -0.39 is 0 Å². The number of rotatable bonds is 12. The molecule has 27 heavy (non-hydrogen) atoms. The maximum Gasteiger partial charge on any atom is 0.324 e. The topological polar surface area (TPSA) is 61.3 Å². The van der Waals surface area contributed by atoms with Gasteiger partial charge in [-0.25, -0.2) is 9.97 Å². The van der Waals surface area contributed by atoms with Crippen molar-refractivity contribution in [1.29, 1.82) is 0 Å². The average molecular weight is 377 g/mol. The fourth-order valence-electron chi connectivity index (χ4n) is 3.52. The van der Waals surface area contributed by atoms with Gasteiger partial charge in [-0.05, 0) is 50.5 Å². The Morgan fingerprint density at radius 2 is 1.63 bits per heavy atom. The zero-order valence-corrected chi connectivity index (χ0v) is 17.1. The smallest absolute Gasteiger partial charge is 0.324 e. The molecule has 0 aromatic carbocycles. The molecule has 0 saturated heterocycles. The number of carbonyl (C=O) groups excluding carboxylic acids is 1. The predicted molar refractivity (Wildman–Crippen MR) is 107 cm³/mol. The number of aromatic nitrogens is 2. The van der Waals surface area contributed by atoms with Crippen molar-refractivity contribution in [3.8, 4) is 6.01 Å². The number of aryl methyl sites for hydroxylation is 1. The highest BCUT2D eigenvalue weighted by atomic mass is 16.5. The Balaban J connectivity index is 1.66. The maximum atomic E-state index is 12.4. The molecule has 1 aliphatic carbocycles. The number of carbonyl (C=O) groups is 1. The van der Waals surface area contributed by atoms with E-state index in [1.807, 2.05) is 0 Å². The van der Waals surface area contributed by atoms with Crippen molar-refractivity contribution < 1.29 is 14.3 Å². The third-order valence-corrected chi connectivity index (χ3v) is 5.30. The van der Waals surface area contributed by atoms with Crippen molar-refractivity contribution in [1.82, 2.24) is 9.97 Å². The lowest BCUT2D eigenvalue weighted by molar-refractivity contribution is -0.141. The van der Waals surface area contributed by atoms with Crippen LogP contribution < -0.4 is 4.74 Å². The van der Waals surface area contributed by atoms with Crippen LogP contribution in [0.2, 0.25) is 0 Å². The van der Waals surface area contributed by atoms with E-state index in [9.17, 15) is 4.79 Å². The van der Waals surface area contributed by atoms with E-state index in [0.717, 1.165) is 57.1 Å². The van der Waals surface area contributed by atoms with Crippen LogP contribution in [0.3, 0.4) is 0 Å². The Hall–Kier alpha value is -1.49. The zero-order chi connectivity index (χ0) is 19.3. The molecule has 1 aromatic heterocycles. The van der Waals surface area contributed by atoms with Gasteiger partial charge < -0.3 is 9.47 Å². The third kappa shape index (κ3) is 8.37. The largest absolute Gasteiger partial charge is 0.391 e. The molecule has 0 atom stereocenters. The van der Waals surface area contributed by atoms with Crippen LogP contribution in [0.25, 0.3) is 0 Å². The van der Waals surface area contributed by atoms with Crippen LogP contribution in [0.1, 0.15) is 90.0 Å². The SMILES string of the molecule is CCCCCCc1cnc(OC(=O)[C@H]2CC[C@H](OCCCCC)CC2)nc1. The summed E-state index contributed by atoms with van der Waals surface area (Å²) in [7, 11) is 0. The van der Waals surface area contributed by atoms with Gasteiger partial charge in [0.1, 0.15) is 0 Å². The fraction of sp³-hybridized carbons (Fsp3) is 0.773. The van der Waals surface area contributed by atoms with Crippen molar-refractivity contribution >= 4 is 5.97 Å². The first-order valence-electron chi connectivity index (χ1n) is 10.9. The molecular weight excluding hydrogens is 340 g/mol. The van der Waals surface area contributed by atoms with Crippen LogP contribution in [-0.4, -0.2) is 28.6 Å². The Labute approximate surface area is 164 Å². The highest BCUT2D eigenvalue weighted by Crippen LogP contribution is 2.27. The quantitative estimate of drug-likeness (QED) is 0.367. The van der Waals surface area contributed by atoms with Crippen LogP contribution in [0.4, 0.5) is 0 Å². The average Bonchev–Trinajstić information content (AvgIpc) is 2.70. The van der Waals surface area contributed by atoms with E-state index in [2.05, 4.69) is 23.8 Å². The molecule has 0 amide bonds. The normalized spacial score (nSPS) is 19.8. The Morgan fingerprint density at radius 1 is 0.963 bits per heavy atom. The second-order valence-electron chi connectivity index (χ2n) is 7.66. The van der Waals surface area contributed by atoms with Crippen LogP contribution in [0.15, 0.2) is 12.4 Å². The predicted octanol–water partition coefficient (Wildman–Crippen LogP) is 5.27. The summed E-state index contributed by atoms with van der Waals surface area (Å²) in [6.07, 6.45) is 16.8. The van der Waals surface area contributed by atoms with Gasteiger partial charge in [-0.2, -0.15) is 0 Å². The van der Waals surface area contributed by atoms with Gasteiger partial charge in [-0.3, -0.25) is 4.79 Å². The Bertz CT molecular complexity index is 525. The monoisotopic (exact) mass is 376 g/mol. The van der Waals surface area contributed by atoms with Crippen molar-refractivity contribution in [2.24, 2.45) is 5.92 Å². The van der Waals surface area contributed by atoms with Gasteiger partial charge in [0.15, 0.2) is 0 Å². The molecule has 0 spiro atoms. The van der Waals surface area contributed by atoms with E-state index in [0.29, 0.717) is 6.10 Å². The number of hydrogen-bond donors (Lipinski definition) is 0. The first-order chi connectivity index (χ1) is 13.2. The minimum absolute atomic E-state index is 0.0576. The molecule has 0 aliphatic heterocycles. The second-order valence-corrected chi connectivity index (χ2v) is 7.66. The Kier molecular flexibility index (Phi) is 10.4. The molecule has 5 heteroatoms. The first kappa shape index (κ1) is 21.8. The standard InChI is InChI=1S/C22H36N2O3/c1-3-5-7-8-10-18-16-23-22(24-17-18)27-21(25)19-11-13-20(14-12-19)26-15-9-6-4-2/h16-17,19-20H,3-15H2,1-2H3/t19-,20-. The molecule has 5 nitrogen and oxygen atoms in total. The van der Waals surface area contributed by atoms with E-state index in [4.69, 9.17) is 9.47 Å². The summed E-state index contributed by atoms with van der Waals surface area (Å²) < 4.78 is 11.3. The highest BCUT2D eigenvalue weighted by Gasteiger charge is 2.28.